The number of piperidine rings is 1. The van der Waals surface area contributed by atoms with Crippen molar-refractivity contribution >= 4 is 11.8 Å². The molecule has 0 N–H and O–H groups in total. The van der Waals surface area contributed by atoms with Crippen LogP contribution in [0.1, 0.15) is 26.2 Å². The summed E-state index contributed by atoms with van der Waals surface area (Å²) in [6.45, 7) is 5.91. The van der Waals surface area contributed by atoms with Crippen LogP contribution in [0.3, 0.4) is 0 Å². The van der Waals surface area contributed by atoms with Crippen molar-refractivity contribution in [3.8, 4) is 5.75 Å². The summed E-state index contributed by atoms with van der Waals surface area (Å²) in [6.07, 6.45) is 4.14. The summed E-state index contributed by atoms with van der Waals surface area (Å²) >= 11 is 1.91. The molecule has 0 aromatic heterocycles. The van der Waals surface area contributed by atoms with E-state index in [9.17, 15) is 0 Å². The first kappa shape index (κ1) is 16.7. The number of thioether (sulfide) groups is 1. The van der Waals surface area contributed by atoms with E-state index in [0.29, 0.717) is 6.61 Å². The van der Waals surface area contributed by atoms with E-state index in [0.717, 1.165) is 24.0 Å². The van der Waals surface area contributed by atoms with Gasteiger partial charge in [-0.2, -0.15) is 11.8 Å². The average Bonchev–Trinajstić information content (AvgIpc) is 2.56. The van der Waals surface area contributed by atoms with Gasteiger partial charge < -0.3 is 9.47 Å². The zero-order valence-electron chi connectivity index (χ0n) is 13.0. The smallest absolute Gasteiger partial charge is 0.119 e. The van der Waals surface area contributed by atoms with Crippen molar-refractivity contribution in [1.29, 1.82) is 0 Å². The molecule has 3 nitrogen and oxygen atoms in total. The fourth-order valence-electron chi connectivity index (χ4n) is 2.40. The molecule has 0 radical (unpaired) electrons. The van der Waals surface area contributed by atoms with Crippen molar-refractivity contribution in [3.05, 3.63) is 30.3 Å². The second kappa shape index (κ2) is 10.1. The van der Waals surface area contributed by atoms with Gasteiger partial charge in [-0.1, -0.05) is 31.5 Å². The molecule has 118 valence electrons. The molecular weight excluding hydrogens is 282 g/mol. The molecule has 0 aliphatic carbocycles. The normalized spacial score (nSPS) is 17.6. The molecular formula is C17H27NO2S. The van der Waals surface area contributed by atoms with Gasteiger partial charge in [0.15, 0.2) is 0 Å². The third-order valence-electron chi connectivity index (χ3n) is 3.63. The monoisotopic (exact) mass is 309 g/mol. The number of para-hydroxylation sites is 1. The van der Waals surface area contributed by atoms with Gasteiger partial charge in [0, 0.05) is 18.8 Å². The number of likely N-dealkylation sites (tertiary alicyclic amines) is 1. The Balaban J connectivity index is 1.73. The minimum atomic E-state index is 0.164. The van der Waals surface area contributed by atoms with Crippen LogP contribution in [-0.2, 0) is 4.74 Å². The van der Waals surface area contributed by atoms with Gasteiger partial charge in [0.25, 0.3) is 0 Å². The number of hydrogen-bond acceptors (Lipinski definition) is 4. The summed E-state index contributed by atoms with van der Waals surface area (Å²) in [5.41, 5.74) is 0. The predicted octanol–water partition coefficient (Wildman–Crippen LogP) is 3.65. The lowest BCUT2D eigenvalue weighted by Crippen LogP contribution is -2.36. The van der Waals surface area contributed by atoms with Gasteiger partial charge in [-0.05, 0) is 30.7 Å². The van der Waals surface area contributed by atoms with Crippen LogP contribution in [-0.4, -0.2) is 48.9 Å². The van der Waals surface area contributed by atoms with Crippen LogP contribution in [0.15, 0.2) is 30.3 Å². The second-order valence-corrected chi connectivity index (χ2v) is 6.70. The maximum absolute atomic E-state index is 6.09. The van der Waals surface area contributed by atoms with Gasteiger partial charge in [-0.15, -0.1) is 0 Å². The Labute approximate surface area is 133 Å². The highest BCUT2D eigenvalue weighted by Gasteiger charge is 2.15. The van der Waals surface area contributed by atoms with E-state index in [1.54, 1.807) is 0 Å². The zero-order chi connectivity index (χ0) is 14.8. The number of ether oxygens (including phenoxy) is 2. The molecule has 1 aromatic carbocycles. The standard InChI is InChI=1S/C17H27NO2S/c1-2-21-14-17(13-19-16-9-5-3-6-10-16)20-15-18-11-7-4-8-12-18/h3,5-6,9-10,17H,2,4,7-8,11-15H2,1H3. The van der Waals surface area contributed by atoms with Crippen LogP contribution < -0.4 is 4.74 Å². The summed E-state index contributed by atoms with van der Waals surface area (Å²) in [5, 5.41) is 0. The third-order valence-corrected chi connectivity index (χ3v) is 4.64. The Morgan fingerprint density at radius 2 is 1.90 bits per heavy atom. The highest BCUT2D eigenvalue weighted by molar-refractivity contribution is 7.99. The summed E-state index contributed by atoms with van der Waals surface area (Å²) in [4.78, 5) is 2.41. The van der Waals surface area contributed by atoms with Gasteiger partial charge >= 0.3 is 0 Å². The summed E-state index contributed by atoms with van der Waals surface area (Å²) < 4.78 is 11.9. The first-order valence-corrected chi connectivity index (χ1v) is 9.13. The van der Waals surface area contributed by atoms with E-state index < -0.39 is 0 Å². The molecule has 0 spiro atoms. The van der Waals surface area contributed by atoms with Crippen molar-refractivity contribution in [2.24, 2.45) is 0 Å². The largest absolute Gasteiger partial charge is 0.491 e. The Hall–Kier alpha value is -0.710. The predicted molar refractivity (Wildman–Crippen MR) is 90.1 cm³/mol. The maximum Gasteiger partial charge on any atom is 0.119 e. The Bertz CT molecular complexity index is 368. The minimum Gasteiger partial charge on any atom is -0.491 e. The van der Waals surface area contributed by atoms with E-state index in [4.69, 9.17) is 9.47 Å². The molecule has 1 atom stereocenters. The highest BCUT2D eigenvalue weighted by atomic mass is 32.2. The molecule has 2 rings (SSSR count). The van der Waals surface area contributed by atoms with Gasteiger partial charge in [0.2, 0.25) is 0 Å². The summed E-state index contributed by atoms with van der Waals surface area (Å²) in [5.74, 6) is 3.04. The molecule has 1 saturated heterocycles. The molecule has 0 saturated carbocycles. The quantitative estimate of drug-likeness (QED) is 0.694. The zero-order valence-corrected chi connectivity index (χ0v) is 13.8. The van der Waals surface area contributed by atoms with Gasteiger partial charge in [-0.3, -0.25) is 4.90 Å². The van der Waals surface area contributed by atoms with Gasteiger partial charge in [0.1, 0.15) is 18.5 Å². The SMILES string of the molecule is CCSCC(COc1ccccc1)OCN1CCCCC1. The van der Waals surface area contributed by atoms with Crippen molar-refractivity contribution < 1.29 is 9.47 Å². The van der Waals surface area contributed by atoms with Crippen LogP contribution >= 0.6 is 11.8 Å². The maximum atomic E-state index is 6.09. The van der Waals surface area contributed by atoms with Crippen LogP contribution in [0.5, 0.6) is 5.75 Å². The van der Waals surface area contributed by atoms with Crippen molar-refractivity contribution in [2.45, 2.75) is 32.3 Å². The fourth-order valence-corrected chi connectivity index (χ4v) is 3.09. The van der Waals surface area contributed by atoms with E-state index in [1.807, 2.05) is 42.1 Å². The van der Waals surface area contributed by atoms with Crippen molar-refractivity contribution in [3.63, 3.8) is 0 Å². The molecule has 0 amide bonds. The Morgan fingerprint density at radius 3 is 2.62 bits per heavy atom. The molecule has 4 heteroatoms. The number of hydrogen-bond donors (Lipinski definition) is 0. The average molecular weight is 309 g/mol. The number of benzene rings is 1. The highest BCUT2D eigenvalue weighted by Crippen LogP contribution is 2.13. The van der Waals surface area contributed by atoms with E-state index >= 15 is 0 Å². The summed E-state index contributed by atoms with van der Waals surface area (Å²) in [6, 6.07) is 9.99. The fraction of sp³-hybridized carbons (Fsp3) is 0.647. The molecule has 0 bridgehead atoms. The van der Waals surface area contributed by atoms with Gasteiger partial charge in [0.05, 0.1) is 6.73 Å². The Morgan fingerprint density at radius 1 is 1.14 bits per heavy atom. The molecule has 1 unspecified atom stereocenters. The number of rotatable bonds is 9. The summed E-state index contributed by atoms with van der Waals surface area (Å²) in [7, 11) is 0. The molecule has 21 heavy (non-hydrogen) atoms. The topological polar surface area (TPSA) is 21.7 Å². The first-order chi connectivity index (χ1) is 10.4. The third kappa shape index (κ3) is 6.72. The first-order valence-electron chi connectivity index (χ1n) is 7.98. The molecule has 1 heterocycles. The van der Waals surface area contributed by atoms with E-state index in [1.165, 1.54) is 32.4 Å². The van der Waals surface area contributed by atoms with Crippen LogP contribution in [0.25, 0.3) is 0 Å². The van der Waals surface area contributed by atoms with E-state index in [2.05, 4.69) is 11.8 Å². The molecule has 1 aliphatic heterocycles. The molecule has 1 aliphatic rings. The lowest BCUT2D eigenvalue weighted by Gasteiger charge is -2.28. The van der Waals surface area contributed by atoms with Gasteiger partial charge in [-0.25, -0.2) is 0 Å². The molecule has 1 aromatic rings. The molecule has 1 fully saturated rings. The van der Waals surface area contributed by atoms with E-state index in [-0.39, 0.29) is 6.10 Å². The lowest BCUT2D eigenvalue weighted by molar-refractivity contribution is -0.0352. The van der Waals surface area contributed by atoms with Crippen molar-refractivity contribution in [2.75, 3.05) is 37.9 Å². The van der Waals surface area contributed by atoms with Crippen LogP contribution in [0.2, 0.25) is 0 Å². The lowest BCUT2D eigenvalue weighted by atomic mass is 10.1. The van der Waals surface area contributed by atoms with Crippen LogP contribution in [0.4, 0.5) is 0 Å². The minimum absolute atomic E-state index is 0.164. The second-order valence-electron chi connectivity index (χ2n) is 5.38. The van der Waals surface area contributed by atoms with Crippen LogP contribution in [0, 0.1) is 0 Å². The van der Waals surface area contributed by atoms with Crippen molar-refractivity contribution in [1.82, 2.24) is 4.90 Å². The number of nitrogens with zero attached hydrogens (tertiary/aromatic N) is 1. The Kier molecular flexibility index (Phi) is 8.00.